The van der Waals surface area contributed by atoms with Crippen LogP contribution in [-0.2, 0) is 11.8 Å². The highest BCUT2D eigenvalue weighted by molar-refractivity contribution is 5.79. The molecule has 94 valence electrons. The zero-order chi connectivity index (χ0) is 12.6. The van der Waals surface area contributed by atoms with Gasteiger partial charge in [0.1, 0.15) is 0 Å². The molecule has 2 heterocycles. The van der Waals surface area contributed by atoms with Gasteiger partial charge in [0.25, 0.3) is 0 Å². The number of aromatic nitrogens is 2. The summed E-state index contributed by atoms with van der Waals surface area (Å²) in [6.45, 7) is 4.75. The van der Waals surface area contributed by atoms with E-state index in [1.165, 1.54) is 0 Å². The van der Waals surface area contributed by atoms with E-state index in [0.29, 0.717) is 13.0 Å². The van der Waals surface area contributed by atoms with Crippen molar-refractivity contribution in [3.05, 3.63) is 17.5 Å². The molecule has 1 aromatic rings. The van der Waals surface area contributed by atoms with E-state index in [2.05, 4.69) is 5.10 Å². The Kier molecular flexibility index (Phi) is 3.19. The van der Waals surface area contributed by atoms with Gasteiger partial charge in [-0.2, -0.15) is 5.10 Å². The molecule has 0 aromatic carbocycles. The molecule has 1 amide bonds. The van der Waals surface area contributed by atoms with Crippen molar-refractivity contribution < 1.29 is 9.90 Å². The molecule has 1 saturated heterocycles. The number of carbonyl (C=O) groups is 1. The fourth-order valence-electron chi connectivity index (χ4n) is 2.40. The number of hydrogen-bond donors (Lipinski definition) is 1. The Morgan fingerprint density at radius 3 is 2.82 bits per heavy atom. The summed E-state index contributed by atoms with van der Waals surface area (Å²) in [6.07, 6.45) is 2.28. The number of likely N-dealkylation sites (tertiary alicyclic amines) is 1. The third-order valence-electron chi connectivity index (χ3n) is 3.69. The third-order valence-corrected chi connectivity index (χ3v) is 3.69. The normalized spacial score (nSPS) is 22.2. The van der Waals surface area contributed by atoms with E-state index < -0.39 is 0 Å². The lowest BCUT2D eigenvalue weighted by molar-refractivity contribution is -0.129. The molecule has 2 unspecified atom stereocenters. The van der Waals surface area contributed by atoms with Crippen molar-refractivity contribution >= 4 is 5.91 Å². The molecule has 1 N–H and O–H groups in total. The van der Waals surface area contributed by atoms with Crippen molar-refractivity contribution in [2.24, 2.45) is 13.0 Å². The lowest BCUT2D eigenvalue weighted by Gasteiger charge is -2.24. The monoisotopic (exact) mass is 237 g/mol. The number of hydrogen-bond acceptors (Lipinski definition) is 3. The number of nitrogens with zero attached hydrogens (tertiary/aromatic N) is 3. The molecule has 5 nitrogen and oxygen atoms in total. The van der Waals surface area contributed by atoms with Gasteiger partial charge in [-0.3, -0.25) is 9.48 Å². The zero-order valence-corrected chi connectivity index (χ0v) is 10.6. The maximum atomic E-state index is 11.9. The van der Waals surface area contributed by atoms with E-state index in [4.69, 9.17) is 5.11 Å². The lowest BCUT2D eigenvalue weighted by atomic mass is 10.1. The van der Waals surface area contributed by atoms with Gasteiger partial charge in [0.05, 0.1) is 12.2 Å². The van der Waals surface area contributed by atoms with Crippen LogP contribution in [0.5, 0.6) is 0 Å². The van der Waals surface area contributed by atoms with Gasteiger partial charge in [0, 0.05) is 43.8 Å². The van der Waals surface area contributed by atoms with Gasteiger partial charge in [-0.1, -0.05) is 0 Å². The minimum absolute atomic E-state index is 0.0350. The second kappa shape index (κ2) is 4.49. The molecule has 0 radical (unpaired) electrons. The Balaban J connectivity index is 2.18. The van der Waals surface area contributed by atoms with Crippen LogP contribution in [0.4, 0.5) is 0 Å². The van der Waals surface area contributed by atoms with Gasteiger partial charge in [0.2, 0.25) is 5.91 Å². The highest BCUT2D eigenvalue weighted by atomic mass is 16.3. The Labute approximate surface area is 101 Å². The largest absolute Gasteiger partial charge is 0.396 e. The van der Waals surface area contributed by atoms with Gasteiger partial charge < -0.3 is 10.0 Å². The standard InChI is InChI=1S/C12H19N3O2/c1-8-11(5-13-14(8)3)9(2)15-6-10(7-16)4-12(15)17/h5,9-10,16H,4,6-7H2,1-3H3. The summed E-state index contributed by atoms with van der Waals surface area (Å²) < 4.78 is 1.82. The van der Waals surface area contributed by atoms with Gasteiger partial charge in [-0.05, 0) is 13.8 Å². The summed E-state index contributed by atoms with van der Waals surface area (Å²) in [5.41, 5.74) is 2.16. The average Bonchev–Trinajstić information content (AvgIpc) is 2.83. The van der Waals surface area contributed by atoms with Crippen LogP contribution in [0.15, 0.2) is 6.20 Å². The van der Waals surface area contributed by atoms with Crippen molar-refractivity contribution in [2.45, 2.75) is 26.3 Å². The average molecular weight is 237 g/mol. The number of aliphatic hydroxyl groups is 1. The number of rotatable bonds is 3. The van der Waals surface area contributed by atoms with Gasteiger partial charge >= 0.3 is 0 Å². The maximum absolute atomic E-state index is 11.9. The number of amides is 1. The Morgan fingerprint density at radius 1 is 1.65 bits per heavy atom. The fourth-order valence-corrected chi connectivity index (χ4v) is 2.40. The predicted molar refractivity (Wildman–Crippen MR) is 63.3 cm³/mol. The van der Waals surface area contributed by atoms with Crippen LogP contribution in [0, 0.1) is 12.8 Å². The van der Waals surface area contributed by atoms with E-state index in [1.54, 1.807) is 0 Å². The summed E-state index contributed by atoms with van der Waals surface area (Å²) >= 11 is 0. The first-order valence-electron chi connectivity index (χ1n) is 5.93. The molecule has 1 aromatic heterocycles. The Hall–Kier alpha value is -1.36. The topological polar surface area (TPSA) is 58.4 Å². The van der Waals surface area contributed by atoms with Crippen LogP contribution in [-0.4, -0.2) is 38.8 Å². The lowest BCUT2D eigenvalue weighted by Crippen LogP contribution is -2.29. The highest BCUT2D eigenvalue weighted by Crippen LogP contribution is 2.29. The molecule has 2 rings (SSSR count). The zero-order valence-electron chi connectivity index (χ0n) is 10.6. The fraction of sp³-hybridized carbons (Fsp3) is 0.667. The van der Waals surface area contributed by atoms with Crippen molar-refractivity contribution in [3.63, 3.8) is 0 Å². The summed E-state index contributed by atoms with van der Waals surface area (Å²) in [4.78, 5) is 13.7. The molecule has 0 saturated carbocycles. The van der Waals surface area contributed by atoms with E-state index in [9.17, 15) is 4.79 Å². The molecule has 2 atom stereocenters. The van der Waals surface area contributed by atoms with Gasteiger partial charge in [-0.25, -0.2) is 0 Å². The van der Waals surface area contributed by atoms with Gasteiger partial charge in [-0.15, -0.1) is 0 Å². The Morgan fingerprint density at radius 2 is 2.35 bits per heavy atom. The second-order valence-corrected chi connectivity index (χ2v) is 4.78. The first-order valence-corrected chi connectivity index (χ1v) is 5.93. The summed E-state index contributed by atoms with van der Waals surface area (Å²) in [5, 5.41) is 13.3. The quantitative estimate of drug-likeness (QED) is 0.839. The number of aryl methyl sites for hydroxylation is 1. The van der Waals surface area contributed by atoms with Crippen molar-refractivity contribution in [2.75, 3.05) is 13.2 Å². The van der Waals surface area contributed by atoms with Crippen LogP contribution in [0.1, 0.15) is 30.6 Å². The molecule has 17 heavy (non-hydrogen) atoms. The molecule has 1 fully saturated rings. The van der Waals surface area contributed by atoms with Crippen LogP contribution >= 0.6 is 0 Å². The minimum Gasteiger partial charge on any atom is -0.396 e. The second-order valence-electron chi connectivity index (χ2n) is 4.78. The third kappa shape index (κ3) is 2.07. The van der Waals surface area contributed by atoms with Crippen LogP contribution < -0.4 is 0 Å². The highest BCUT2D eigenvalue weighted by Gasteiger charge is 2.33. The molecule has 0 aliphatic carbocycles. The van der Waals surface area contributed by atoms with E-state index in [-0.39, 0.29) is 24.5 Å². The maximum Gasteiger partial charge on any atom is 0.223 e. The summed E-state index contributed by atoms with van der Waals surface area (Å²) in [6, 6.07) is 0.0350. The summed E-state index contributed by atoms with van der Waals surface area (Å²) in [5.74, 6) is 0.210. The molecule has 0 spiro atoms. The van der Waals surface area contributed by atoms with Gasteiger partial charge in [0.15, 0.2) is 0 Å². The number of carbonyl (C=O) groups excluding carboxylic acids is 1. The molecular weight excluding hydrogens is 218 g/mol. The summed E-state index contributed by atoms with van der Waals surface area (Å²) in [7, 11) is 1.90. The van der Waals surface area contributed by atoms with E-state index in [1.807, 2.05) is 36.7 Å². The molecule has 0 bridgehead atoms. The molecule has 5 heteroatoms. The number of aliphatic hydroxyl groups excluding tert-OH is 1. The molecular formula is C12H19N3O2. The van der Waals surface area contributed by atoms with Crippen molar-refractivity contribution in [1.29, 1.82) is 0 Å². The SMILES string of the molecule is Cc1c(C(C)N2CC(CO)CC2=O)cnn1C. The van der Waals surface area contributed by atoms with Crippen LogP contribution in [0.2, 0.25) is 0 Å². The van der Waals surface area contributed by atoms with Crippen LogP contribution in [0.25, 0.3) is 0 Å². The Bertz CT molecular complexity index is 427. The first kappa shape index (κ1) is 12.1. The molecule has 1 aliphatic heterocycles. The van der Waals surface area contributed by atoms with Crippen molar-refractivity contribution in [3.8, 4) is 0 Å². The van der Waals surface area contributed by atoms with E-state index in [0.717, 1.165) is 11.3 Å². The van der Waals surface area contributed by atoms with Crippen LogP contribution in [0.3, 0.4) is 0 Å². The van der Waals surface area contributed by atoms with E-state index >= 15 is 0 Å². The predicted octanol–water partition coefficient (Wildman–Crippen LogP) is 0.630. The molecule has 1 aliphatic rings. The first-order chi connectivity index (χ1) is 8.04. The minimum atomic E-state index is 0.0350. The van der Waals surface area contributed by atoms with Crippen molar-refractivity contribution in [1.82, 2.24) is 14.7 Å². The smallest absolute Gasteiger partial charge is 0.223 e.